The van der Waals surface area contributed by atoms with E-state index in [0.29, 0.717) is 12.8 Å². The lowest BCUT2D eigenvalue weighted by Gasteiger charge is -2.44. The Balaban J connectivity index is 1.99. The zero-order chi connectivity index (χ0) is 29.6. The molecule has 10 nitrogen and oxygen atoms in total. The molecular formula is C31H36O10. The number of rotatable bonds is 15. The SMILES string of the molecule is C=CCCCO[C@@H]1O[C@@H](C(=O)OC)[C@@H](OC(=O)CCC(C)=O)[C@H](OCc2ccccc2)[C@H]1OC(=O)c1ccccc1. The topological polar surface area (TPSA) is 124 Å². The van der Waals surface area contributed by atoms with Gasteiger partial charge in [0.15, 0.2) is 24.6 Å². The Morgan fingerprint density at radius 3 is 2.20 bits per heavy atom. The molecule has 1 heterocycles. The number of ether oxygens (including phenoxy) is 6. The summed E-state index contributed by atoms with van der Waals surface area (Å²) in [5, 5.41) is 0. The maximum absolute atomic E-state index is 13.2. The van der Waals surface area contributed by atoms with Crippen molar-refractivity contribution in [3.8, 4) is 0 Å². The zero-order valence-electron chi connectivity index (χ0n) is 23.3. The number of Topliss-reactive ketones (excluding diaryl/α,β-unsaturated/α-hetero) is 1. The number of carbonyl (C=O) groups is 4. The van der Waals surface area contributed by atoms with Gasteiger partial charge in [0.05, 0.1) is 32.3 Å². The average molecular weight is 569 g/mol. The van der Waals surface area contributed by atoms with E-state index in [1.807, 2.05) is 30.3 Å². The molecule has 0 N–H and O–H groups in total. The van der Waals surface area contributed by atoms with Gasteiger partial charge in [0.25, 0.3) is 0 Å². The first-order valence-corrected chi connectivity index (χ1v) is 13.4. The Labute approximate surface area is 239 Å². The lowest BCUT2D eigenvalue weighted by Crippen LogP contribution is -2.63. The van der Waals surface area contributed by atoms with Crippen molar-refractivity contribution in [3.05, 3.63) is 84.4 Å². The van der Waals surface area contributed by atoms with Gasteiger partial charge in [-0.25, -0.2) is 9.59 Å². The van der Waals surface area contributed by atoms with Crippen molar-refractivity contribution in [1.82, 2.24) is 0 Å². The Kier molecular flexibility index (Phi) is 12.7. The Morgan fingerprint density at radius 2 is 1.56 bits per heavy atom. The van der Waals surface area contributed by atoms with Gasteiger partial charge in [0.2, 0.25) is 0 Å². The first-order chi connectivity index (χ1) is 19.8. The number of allylic oxidation sites excluding steroid dienone is 1. The highest BCUT2D eigenvalue weighted by molar-refractivity contribution is 5.89. The zero-order valence-corrected chi connectivity index (χ0v) is 23.3. The molecule has 1 aliphatic heterocycles. The summed E-state index contributed by atoms with van der Waals surface area (Å²) in [6.45, 7) is 5.28. The highest BCUT2D eigenvalue weighted by Gasteiger charge is 2.54. The number of methoxy groups -OCH3 is 1. The molecule has 3 rings (SSSR count). The maximum atomic E-state index is 13.2. The minimum atomic E-state index is -1.46. The standard InChI is InChI=1S/C31H36O10/c1-4-5-12-19-37-31-28(40-29(34)23-15-10-7-11-16-23)25(38-20-22-13-8-6-9-14-22)26(27(41-31)30(35)36-3)39-24(33)18-17-21(2)32/h4,6-11,13-16,25-28,31H,1,5,12,17-20H2,2-3H3/t25-,26-,27+,28+,31+/m0/s1. The smallest absolute Gasteiger partial charge is 0.339 e. The van der Waals surface area contributed by atoms with Crippen molar-refractivity contribution in [3.63, 3.8) is 0 Å². The highest BCUT2D eigenvalue weighted by atomic mass is 16.7. The van der Waals surface area contributed by atoms with Crippen LogP contribution in [0.3, 0.4) is 0 Å². The van der Waals surface area contributed by atoms with Gasteiger partial charge >= 0.3 is 17.9 Å². The van der Waals surface area contributed by atoms with Gasteiger partial charge < -0.3 is 33.2 Å². The van der Waals surface area contributed by atoms with E-state index in [4.69, 9.17) is 28.4 Å². The number of esters is 3. The van der Waals surface area contributed by atoms with Gasteiger partial charge in [-0.2, -0.15) is 0 Å². The number of ketones is 1. The van der Waals surface area contributed by atoms with Crippen LogP contribution in [0.2, 0.25) is 0 Å². The van der Waals surface area contributed by atoms with E-state index in [-0.39, 0.29) is 37.4 Å². The van der Waals surface area contributed by atoms with Gasteiger partial charge in [-0.05, 0) is 37.5 Å². The molecule has 5 atom stereocenters. The van der Waals surface area contributed by atoms with E-state index < -0.39 is 48.6 Å². The Hall–Kier alpha value is -3.86. The Morgan fingerprint density at radius 1 is 0.878 bits per heavy atom. The van der Waals surface area contributed by atoms with Crippen LogP contribution in [0, 0.1) is 0 Å². The summed E-state index contributed by atoms with van der Waals surface area (Å²) in [6, 6.07) is 17.5. The second-order valence-electron chi connectivity index (χ2n) is 9.40. The third kappa shape index (κ3) is 9.63. The number of benzene rings is 2. The molecule has 0 aliphatic carbocycles. The van der Waals surface area contributed by atoms with E-state index >= 15 is 0 Å². The quantitative estimate of drug-likeness (QED) is 0.135. The number of carbonyl (C=O) groups excluding carboxylic acids is 4. The van der Waals surface area contributed by atoms with Gasteiger partial charge in [-0.1, -0.05) is 54.6 Å². The van der Waals surface area contributed by atoms with E-state index in [0.717, 1.165) is 5.56 Å². The predicted octanol–water partition coefficient (Wildman–Crippen LogP) is 3.96. The molecule has 10 heteroatoms. The molecule has 1 aliphatic rings. The van der Waals surface area contributed by atoms with Crippen LogP contribution in [0.15, 0.2) is 73.3 Å². The summed E-state index contributed by atoms with van der Waals surface area (Å²) in [4.78, 5) is 50.3. The summed E-state index contributed by atoms with van der Waals surface area (Å²) in [5.74, 6) is -2.49. The fraction of sp³-hybridized carbons (Fsp3) is 0.419. The summed E-state index contributed by atoms with van der Waals surface area (Å²) in [6.07, 6.45) is -3.84. The molecule has 0 saturated carbocycles. The van der Waals surface area contributed by atoms with Crippen molar-refractivity contribution in [1.29, 1.82) is 0 Å². The molecule has 0 amide bonds. The van der Waals surface area contributed by atoms with Crippen LogP contribution in [-0.2, 0) is 49.4 Å². The molecule has 0 spiro atoms. The number of hydrogen-bond donors (Lipinski definition) is 0. The van der Waals surface area contributed by atoms with Crippen LogP contribution in [0.5, 0.6) is 0 Å². The molecular weight excluding hydrogens is 532 g/mol. The lowest BCUT2D eigenvalue weighted by atomic mass is 9.97. The molecule has 0 bridgehead atoms. The predicted molar refractivity (Wildman–Crippen MR) is 147 cm³/mol. The summed E-state index contributed by atoms with van der Waals surface area (Å²) < 4.78 is 34.7. The summed E-state index contributed by atoms with van der Waals surface area (Å²) in [7, 11) is 1.17. The van der Waals surface area contributed by atoms with Crippen LogP contribution >= 0.6 is 0 Å². The maximum Gasteiger partial charge on any atom is 0.339 e. The van der Waals surface area contributed by atoms with E-state index in [1.165, 1.54) is 14.0 Å². The lowest BCUT2D eigenvalue weighted by molar-refractivity contribution is -0.303. The van der Waals surface area contributed by atoms with Crippen molar-refractivity contribution >= 4 is 23.7 Å². The first-order valence-electron chi connectivity index (χ1n) is 13.4. The molecule has 1 fully saturated rings. The van der Waals surface area contributed by atoms with Gasteiger partial charge in [-0.3, -0.25) is 4.79 Å². The average Bonchev–Trinajstić information content (AvgIpc) is 2.99. The van der Waals surface area contributed by atoms with Crippen molar-refractivity contribution in [2.75, 3.05) is 13.7 Å². The third-order valence-corrected chi connectivity index (χ3v) is 6.25. The first kappa shape index (κ1) is 31.7. The van der Waals surface area contributed by atoms with Crippen LogP contribution in [-0.4, -0.2) is 68.1 Å². The summed E-state index contributed by atoms with van der Waals surface area (Å²) in [5.41, 5.74) is 1.05. The molecule has 0 aromatic heterocycles. The summed E-state index contributed by atoms with van der Waals surface area (Å²) >= 11 is 0. The minimum Gasteiger partial charge on any atom is -0.467 e. The van der Waals surface area contributed by atoms with Gasteiger partial charge in [0.1, 0.15) is 11.9 Å². The van der Waals surface area contributed by atoms with Gasteiger partial charge in [0, 0.05) is 6.42 Å². The second-order valence-corrected chi connectivity index (χ2v) is 9.40. The number of unbranched alkanes of at least 4 members (excludes halogenated alkanes) is 1. The molecule has 0 radical (unpaired) electrons. The van der Waals surface area contributed by atoms with Crippen LogP contribution in [0.25, 0.3) is 0 Å². The molecule has 1 saturated heterocycles. The van der Waals surface area contributed by atoms with Crippen LogP contribution in [0.4, 0.5) is 0 Å². The monoisotopic (exact) mass is 568 g/mol. The van der Waals surface area contributed by atoms with Crippen molar-refractivity contribution in [2.24, 2.45) is 0 Å². The normalized spacial score (nSPS) is 21.9. The van der Waals surface area contributed by atoms with E-state index in [9.17, 15) is 19.2 Å². The van der Waals surface area contributed by atoms with E-state index in [1.54, 1.807) is 36.4 Å². The molecule has 0 unspecified atom stereocenters. The fourth-order valence-corrected chi connectivity index (χ4v) is 4.14. The van der Waals surface area contributed by atoms with Crippen LogP contribution in [0.1, 0.15) is 48.5 Å². The molecule has 41 heavy (non-hydrogen) atoms. The van der Waals surface area contributed by atoms with Gasteiger partial charge in [-0.15, -0.1) is 6.58 Å². The van der Waals surface area contributed by atoms with Crippen molar-refractivity contribution < 1.29 is 47.6 Å². The van der Waals surface area contributed by atoms with Crippen molar-refractivity contribution in [2.45, 2.75) is 69.9 Å². The molecule has 220 valence electrons. The molecule has 2 aromatic carbocycles. The second kappa shape index (κ2) is 16.4. The van der Waals surface area contributed by atoms with E-state index in [2.05, 4.69) is 6.58 Å². The molecule has 2 aromatic rings. The largest absolute Gasteiger partial charge is 0.467 e. The van der Waals surface area contributed by atoms with Crippen LogP contribution < -0.4 is 0 Å². The third-order valence-electron chi connectivity index (χ3n) is 6.25. The fourth-order valence-electron chi connectivity index (χ4n) is 4.14. The minimum absolute atomic E-state index is 0.0312. The Bertz CT molecular complexity index is 1150. The number of hydrogen-bond acceptors (Lipinski definition) is 10. The highest BCUT2D eigenvalue weighted by Crippen LogP contribution is 2.31.